The van der Waals surface area contributed by atoms with Crippen LogP contribution in [0.2, 0.25) is 0 Å². The van der Waals surface area contributed by atoms with Crippen molar-refractivity contribution in [2.75, 3.05) is 24.4 Å². The van der Waals surface area contributed by atoms with E-state index in [1.807, 2.05) is 18.2 Å². The summed E-state index contributed by atoms with van der Waals surface area (Å²) in [5.74, 6) is 0.143. The molecule has 0 bridgehead atoms. The Morgan fingerprint density at radius 2 is 1.50 bits per heavy atom. The Morgan fingerprint density at radius 3 is 2.18 bits per heavy atom. The van der Waals surface area contributed by atoms with Crippen molar-refractivity contribution in [2.45, 2.75) is 6.92 Å². The molecule has 0 spiro atoms. The fourth-order valence-corrected chi connectivity index (χ4v) is 2.96. The number of ether oxygens (including phenoxy) is 3. The molecule has 3 rings (SSSR count). The van der Waals surface area contributed by atoms with Crippen LogP contribution < -0.4 is 20.1 Å². The predicted octanol–water partition coefficient (Wildman–Crippen LogP) is 5.13. The van der Waals surface area contributed by atoms with Crippen molar-refractivity contribution < 1.29 is 28.6 Å². The first kappa shape index (κ1) is 24.1. The van der Waals surface area contributed by atoms with E-state index in [4.69, 9.17) is 14.2 Å². The molecule has 0 radical (unpaired) electrons. The molecule has 0 saturated heterocycles. The summed E-state index contributed by atoms with van der Waals surface area (Å²) < 4.78 is 15.0. The fraction of sp³-hybridized carbons (Fsp3) is 0.115. The topological polar surface area (TPSA) is 103 Å². The van der Waals surface area contributed by atoms with Crippen LogP contribution in [0, 0.1) is 0 Å². The van der Waals surface area contributed by atoms with Gasteiger partial charge in [0.2, 0.25) is 5.91 Å². The number of para-hydroxylation sites is 3. The molecule has 2 amide bonds. The van der Waals surface area contributed by atoms with Crippen LogP contribution in [-0.2, 0) is 9.53 Å². The van der Waals surface area contributed by atoms with Crippen LogP contribution in [0.4, 0.5) is 16.2 Å². The van der Waals surface area contributed by atoms with E-state index in [2.05, 4.69) is 10.6 Å². The summed E-state index contributed by atoms with van der Waals surface area (Å²) in [6.45, 7) is 1.87. The van der Waals surface area contributed by atoms with Gasteiger partial charge in [-0.05, 0) is 55.5 Å². The number of hydrogen-bond acceptors (Lipinski definition) is 6. The molecule has 8 heteroatoms. The van der Waals surface area contributed by atoms with Gasteiger partial charge in [-0.25, -0.2) is 4.79 Å². The normalized spacial score (nSPS) is 10.4. The molecule has 0 saturated carbocycles. The first-order chi connectivity index (χ1) is 16.5. The average Bonchev–Trinajstić information content (AvgIpc) is 2.84. The van der Waals surface area contributed by atoms with E-state index in [-0.39, 0.29) is 18.3 Å². The Bertz CT molecular complexity index is 1190. The Morgan fingerprint density at radius 1 is 0.853 bits per heavy atom. The van der Waals surface area contributed by atoms with Crippen molar-refractivity contribution >= 4 is 35.4 Å². The number of carbonyl (C=O) groups is 3. The molecule has 0 aliphatic heterocycles. The van der Waals surface area contributed by atoms with Crippen molar-refractivity contribution in [1.82, 2.24) is 0 Å². The fourth-order valence-electron chi connectivity index (χ4n) is 2.96. The number of benzene rings is 3. The van der Waals surface area contributed by atoms with Crippen LogP contribution in [0.15, 0.2) is 78.9 Å². The Hall–Kier alpha value is -4.59. The smallest absolute Gasteiger partial charge is 0.496 e. The maximum atomic E-state index is 12.7. The molecule has 0 unspecified atom stereocenters. The van der Waals surface area contributed by atoms with Gasteiger partial charge in [0.15, 0.2) is 0 Å². The monoisotopic (exact) mass is 460 g/mol. The minimum atomic E-state index is -0.816. The molecule has 0 aliphatic rings. The molecule has 0 atom stereocenters. The first-order valence-corrected chi connectivity index (χ1v) is 10.5. The lowest BCUT2D eigenvalue weighted by molar-refractivity contribution is -0.111. The molecule has 174 valence electrons. The molecule has 8 nitrogen and oxygen atoms in total. The van der Waals surface area contributed by atoms with Gasteiger partial charge in [-0.3, -0.25) is 9.59 Å². The molecule has 0 aromatic heterocycles. The number of methoxy groups -OCH3 is 1. The number of hydrogen-bond donors (Lipinski definition) is 2. The lowest BCUT2D eigenvalue weighted by Gasteiger charge is -2.12. The minimum absolute atomic E-state index is 0.200. The molecular weight excluding hydrogens is 436 g/mol. The van der Waals surface area contributed by atoms with Gasteiger partial charge in [0, 0.05) is 17.2 Å². The summed E-state index contributed by atoms with van der Waals surface area (Å²) in [7, 11) is 1.56. The third-order valence-corrected chi connectivity index (χ3v) is 4.57. The Balaban J connectivity index is 1.65. The van der Waals surface area contributed by atoms with Crippen LogP contribution in [-0.4, -0.2) is 31.7 Å². The van der Waals surface area contributed by atoms with Crippen molar-refractivity contribution in [3.8, 4) is 11.5 Å². The van der Waals surface area contributed by atoms with E-state index in [0.29, 0.717) is 22.7 Å². The van der Waals surface area contributed by atoms with Gasteiger partial charge in [0.25, 0.3) is 5.91 Å². The van der Waals surface area contributed by atoms with E-state index < -0.39 is 12.1 Å². The Kier molecular flexibility index (Phi) is 8.40. The van der Waals surface area contributed by atoms with Gasteiger partial charge >= 0.3 is 6.16 Å². The summed E-state index contributed by atoms with van der Waals surface area (Å²) in [5, 5.41) is 5.54. The maximum Gasteiger partial charge on any atom is 0.513 e. The highest BCUT2D eigenvalue weighted by Crippen LogP contribution is 2.23. The zero-order valence-electron chi connectivity index (χ0n) is 18.7. The molecule has 34 heavy (non-hydrogen) atoms. The highest BCUT2D eigenvalue weighted by molar-refractivity contribution is 6.09. The molecule has 0 aliphatic carbocycles. The second kappa shape index (κ2) is 11.9. The van der Waals surface area contributed by atoms with Crippen LogP contribution in [0.5, 0.6) is 11.5 Å². The van der Waals surface area contributed by atoms with E-state index in [9.17, 15) is 14.4 Å². The van der Waals surface area contributed by atoms with Gasteiger partial charge in [-0.1, -0.05) is 30.3 Å². The quantitative estimate of drug-likeness (QED) is 0.274. The molecule has 3 aromatic carbocycles. The Labute approximate surface area is 197 Å². The largest absolute Gasteiger partial charge is 0.513 e. The summed E-state index contributed by atoms with van der Waals surface area (Å²) in [4.78, 5) is 36.5. The van der Waals surface area contributed by atoms with Crippen molar-refractivity contribution in [3.05, 3.63) is 90.0 Å². The minimum Gasteiger partial charge on any atom is -0.496 e. The number of carbonyl (C=O) groups excluding carboxylic acids is 3. The van der Waals surface area contributed by atoms with Crippen LogP contribution in [0.3, 0.4) is 0 Å². The predicted molar refractivity (Wildman–Crippen MR) is 129 cm³/mol. The highest BCUT2D eigenvalue weighted by Gasteiger charge is 2.12. The van der Waals surface area contributed by atoms with Crippen LogP contribution >= 0.6 is 0 Å². The van der Waals surface area contributed by atoms with E-state index >= 15 is 0 Å². The summed E-state index contributed by atoms with van der Waals surface area (Å²) in [6.07, 6.45) is 2.22. The summed E-state index contributed by atoms with van der Waals surface area (Å²) >= 11 is 0. The number of amides is 2. The summed E-state index contributed by atoms with van der Waals surface area (Å²) in [6, 6.07) is 20.2. The zero-order valence-corrected chi connectivity index (χ0v) is 18.7. The van der Waals surface area contributed by atoms with Crippen molar-refractivity contribution in [3.63, 3.8) is 0 Å². The summed E-state index contributed by atoms with van der Waals surface area (Å²) in [5.41, 5.74) is 1.97. The molecule has 3 aromatic rings. The van der Waals surface area contributed by atoms with Crippen LogP contribution in [0.1, 0.15) is 22.8 Å². The number of nitrogens with one attached hydrogen (secondary N) is 2. The first-order valence-electron chi connectivity index (χ1n) is 10.5. The van der Waals surface area contributed by atoms with Gasteiger partial charge in [0.05, 0.1) is 25.1 Å². The molecule has 0 fully saturated rings. The number of rotatable bonds is 8. The van der Waals surface area contributed by atoms with E-state index in [1.165, 1.54) is 30.3 Å². The lowest BCUT2D eigenvalue weighted by atomic mass is 10.2. The molecule has 2 N–H and O–H groups in total. The maximum absolute atomic E-state index is 12.7. The second-order valence-corrected chi connectivity index (χ2v) is 6.87. The van der Waals surface area contributed by atoms with Crippen LogP contribution in [0.25, 0.3) is 6.08 Å². The van der Waals surface area contributed by atoms with Crippen molar-refractivity contribution in [1.29, 1.82) is 0 Å². The van der Waals surface area contributed by atoms with Gasteiger partial charge in [-0.2, -0.15) is 0 Å². The average molecular weight is 460 g/mol. The lowest BCUT2D eigenvalue weighted by Crippen LogP contribution is -2.15. The van der Waals surface area contributed by atoms with E-state index in [1.54, 1.807) is 50.4 Å². The molecular formula is C26H24N2O6. The van der Waals surface area contributed by atoms with E-state index in [0.717, 1.165) is 5.56 Å². The zero-order chi connectivity index (χ0) is 24.3. The van der Waals surface area contributed by atoms with Gasteiger partial charge in [-0.15, -0.1) is 0 Å². The number of anilines is 2. The third-order valence-electron chi connectivity index (χ3n) is 4.57. The second-order valence-electron chi connectivity index (χ2n) is 6.87. The SMILES string of the molecule is CCOC(=O)Oc1ccc(C(=O)Nc2ccccc2NC(=O)/C=C/c2ccccc2OC)cc1. The van der Waals surface area contributed by atoms with Gasteiger partial charge < -0.3 is 24.8 Å². The highest BCUT2D eigenvalue weighted by atomic mass is 16.7. The third kappa shape index (κ3) is 6.70. The van der Waals surface area contributed by atoms with Gasteiger partial charge in [0.1, 0.15) is 11.5 Å². The van der Waals surface area contributed by atoms with Crippen molar-refractivity contribution in [2.24, 2.45) is 0 Å². The standard InChI is InChI=1S/C26H24N2O6/c1-3-33-26(31)34-20-15-12-19(13-16-20)25(30)28-22-10-6-5-9-21(22)27-24(29)17-14-18-8-4-7-11-23(18)32-2/h4-17H,3H2,1-2H3,(H,27,29)(H,28,30)/b17-14+. The molecule has 0 heterocycles.